The second kappa shape index (κ2) is 8.55. The number of hydrogen-bond acceptors (Lipinski definition) is 4. The summed E-state index contributed by atoms with van der Waals surface area (Å²) in [4.78, 5) is 38.6. The van der Waals surface area contributed by atoms with E-state index in [0.29, 0.717) is 13.1 Å². The first-order valence-corrected chi connectivity index (χ1v) is 8.45. The van der Waals surface area contributed by atoms with Crippen molar-refractivity contribution in [2.24, 2.45) is 0 Å². The molecule has 142 valence electrons. The topological polar surface area (TPSA) is 91.0 Å². The SMILES string of the molecule is COc1ccc([C@H]2CN(C(=O)CNC(=O)N(C)C)C[C@@H]2NC(C)=O)cc1. The van der Waals surface area contributed by atoms with Crippen LogP contribution < -0.4 is 15.4 Å². The van der Waals surface area contributed by atoms with E-state index in [1.165, 1.54) is 11.8 Å². The Balaban J connectivity index is 2.08. The molecular weight excluding hydrogens is 336 g/mol. The van der Waals surface area contributed by atoms with E-state index in [1.54, 1.807) is 26.1 Å². The third-order valence-corrected chi connectivity index (χ3v) is 4.40. The predicted molar refractivity (Wildman–Crippen MR) is 97.0 cm³/mol. The molecule has 0 aromatic heterocycles. The van der Waals surface area contributed by atoms with Gasteiger partial charge in [-0.1, -0.05) is 12.1 Å². The van der Waals surface area contributed by atoms with Gasteiger partial charge in [0.25, 0.3) is 0 Å². The van der Waals surface area contributed by atoms with Gasteiger partial charge in [-0.15, -0.1) is 0 Å². The third-order valence-electron chi connectivity index (χ3n) is 4.40. The zero-order chi connectivity index (χ0) is 19.3. The van der Waals surface area contributed by atoms with Gasteiger partial charge in [-0.3, -0.25) is 9.59 Å². The Morgan fingerprint density at radius 1 is 1.19 bits per heavy atom. The molecule has 0 bridgehead atoms. The number of likely N-dealkylation sites (tertiary alicyclic amines) is 1. The Kier molecular flexibility index (Phi) is 6.43. The summed E-state index contributed by atoms with van der Waals surface area (Å²) in [7, 11) is 4.83. The van der Waals surface area contributed by atoms with E-state index in [9.17, 15) is 14.4 Å². The number of hydrogen-bond donors (Lipinski definition) is 2. The van der Waals surface area contributed by atoms with Gasteiger partial charge in [0.05, 0.1) is 19.7 Å². The lowest BCUT2D eigenvalue weighted by atomic mass is 9.94. The summed E-state index contributed by atoms with van der Waals surface area (Å²) < 4.78 is 5.18. The van der Waals surface area contributed by atoms with Gasteiger partial charge in [0.2, 0.25) is 11.8 Å². The van der Waals surface area contributed by atoms with Crippen molar-refractivity contribution in [3.63, 3.8) is 0 Å². The molecule has 2 rings (SSSR count). The van der Waals surface area contributed by atoms with Crippen LogP contribution in [0.2, 0.25) is 0 Å². The fraction of sp³-hybridized carbons (Fsp3) is 0.500. The average molecular weight is 362 g/mol. The molecule has 1 aliphatic heterocycles. The lowest BCUT2D eigenvalue weighted by Gasteiger charge is -2.19. The monoisotopic (exact) mass is 362 g/mol. The molecule has 1 fully saturated rings. The van der Waals surface area contributed by atoms with Crippen LogP contribution in [0.15, 0.2) is 24.3 Å². The van der Waals surface area contributed by atoms with Crippen LogP contribution in [-0.2, 0) is 9.59 Å². The summed E-state index contributed by atoms with van der Waals surface area (Å²) in [5.74, 6) is 0.427. The summed E-state index contributed by atoms with van der Waals surface area (Å²) in [6.45, 7) is 2.28. The Labute approximate surface area is 153 Å². The van der Waals surface area contributed by atoms with Crippen molar-refractivity contribution >= 4 is 17.8 Å². The number of carbonyl (C=O) groups excluding carboxylic acids is 3. The first-order valence-electron chi connectivity index (χ1n) is 8.45. The zero-order valence-electron chi connectivity index (χ0n) is 15.6. The van der Waals surface area contributed by atoms with E-state index in [2.05, 4.69) is 10.6 Å². The second-order valence-electron chi connectivity index (χ2n) is 6.54. The number of rotatable bonds is 5. The first kappa shape index (κ1) is 19.6. The van der Waals surface area contributed by atoms with Gasteiger partial charge in [0.15, 0.2) is 0 Å². The first-order chi connectivity index (χ1) is 12.3. The van der Waals surface area contributed by atoms with Crippen LogP contribution in [0.1, 0.15) is 18.4 Å². The van der Waals surface area contributed by atoms with E-state index in [0.717, 1.165) is 11.3 Å². The molecule has 0 radical (unpaired) electrons. The molecule has 8 nitrogen and oxygen atoms in total. The molecule has 8 heteroatoms. The number of nitrogens with zero attached hydrogens (tertiary/aromatic N) is 2. The molecule has 1 saturated heterocycles. The highest BCUT2D eigenvalue weighted by Crippen LogP contribution is 2.29. The summed E-state index contributed by atoms with van der Waals surface area (Å²) in [5, 5.41) is 5.50. The van der Waals surface area contributed by atoms with E-state index in [1.807, 2.05) is 24.3 Å². The molecule has 0 aliphatic carbocycles. The number of carbonyl (C=O) groups is 3. The number of nitrogens with one attached hydrogen (secondary N) is 2. The molecule has 0 spiro atoms. The summed E-state index contributed by atoms with van der Waals surface area (Å²) in [5.41, 5.74) is 1.03. The molecule has 2 atom stereocenters. The molecule has 1 aromatic rings. The highest BCUT2D eigenvalue weighted by Gasteiger charge is 2.36. The zero-order valence-corrected chi connectivity index (χ0v) is 15.6. The van der Waals surface area contributed by atoms with Crippen LogP contribution in [0.5, 0.6) is 5.75 Å². The maximum atomic E-state index is 12.4. The Hall–Kier alpha value is -2.77. The van der Waals surface area contributed by atoms with Crippen molar-refractivity contribution in [1.29, 1.82) is 0 Å². The lowest BCUT2D eigenvalue weighted by molar-refractivity contribution is -0.129. The Bertz CT molecular complexity index is 660. The fourth-order valence-corrected chi connectivity index (χ4v) is 3.02. The molecule has 2 N–H and O–H groups in total. The number of amides is 4. The fourth-order valence-electron chi connectivity index (χ4n) is 3.02. The van der Waals surface area contributed by atoms with Crippen LogP contribution in [0.3, 0.4) is 0 Å². The molecule has 0 saturated carbocycles. The molecule has 26 heavy (non-hydrogen) atoms. The van der Waals surface area contributed by atoms with Crippen LogP contribution in [0.4, 0.5) is 4.79 Å². The van der Waals surface area contributed by atoms with Crippen molar-refractivity contribution in [3.05, 3.63) is 29.8 Å². The second-order valence-corrected chi connectivity index (χ2v) is 6.54. The van der Waals surface area contributed by atoms with Crippen molar-refractivity contribution in [2.75, 3.05) is 40.8 Å². The average Bonchev–Trinajstić information content (AvgIpc) is 3.02. The van der Waals surface area contributed by atoms with Crippen molar-refractivity contribution in [2.45, 2.75) is 18.9 Å². The van der Waals surface area contributed by atoms with E-state index in [4.69, 9.17) is 4.74 Å². The normalized spacial score (nSPS) is 19.0. The molecular formula is C18H26N4O4. The number of methoxy groups -OCH3 is 1. The summed E-state index contributed by atoms with van der Waals surface area (Å²) in [6.07, 6.45) is 0. The minimum Gasteiger partial charge on any atom is -0.497 e. The lowest BCUT2D eigenvalue weighted by Crippen LogP contribution is -2.44. The highest BCUT2D eigenvalue weighted by molar-refractivity contribution is 5.84. The van der Waals surface area contributed by atoms with Gasteiger partial charge in [0.1, 0.15) is 5.75 Å². The maximum Gasteiger partial charge on any atom is 0.317 e. The molecule has 1 aromatic carbocycles. The number of urea groups is 1. The van der Waals surface area contributed by atoms with Crippen molar-refractivity contribution in [3.8, 4) is 5.75 Å². The molecule has 1 aliphatic rings. The highest BCUT2D eigenvalue weighted by atomic mass is 16.5. The van der Waals surface area contributed by atoms with Gasteiger partial charge in [-0.05, 0) is 17.7 Å². The molecule has 0 unspecified atom stereocenters. The van der Waals surface area contributed by atoms with E-state index >= 15 is 0 Å². The summed E-state index contributed by atoms with van der Waals surface area (Å²) >= 11 is 0. The molecule has 4 amide bonds. The van der Waals surface area contributed by atoms with Crippen molar-refractivity contribution in [1.82, 2.24) is 20.4 Å². The van der Waals surface area contributed by atoms with Gasteiger partial charge < -0.3 is 25.2 Å². The van der Waals surface area contributed by atoms with E-state index in [-0.39, 0.29) is 36.3 Å². The van der Waals surface area contributed by atoms with Crippen molar-refractivity contribution < 1.29 is 19.1 Å². The van der Waals surface area contributed by atoms with Gasteiger partial charge in [0, 0.05) is 40.0 Å². The minimum atomic E-state index is -0.317. The largest absolute Gasteiger partial charge is 0.497 e. The van der Waals surface area contributed by atoms with Gasteiger partial charge >= 0.3 is 6.03 Å². The molecule has 1 heterocycles. The maximum absolute atomic E-state index is 12.4. The van der Waals surface area contributed by atoms with Crippen LogP contribution in [0.25, 0.3) is 0 Å². The predicted octanol–water partition coefficient (Wildman–Crippen LogP) is 0.397. The smallest absolute Gasteiger partial charge is 0.317 e. The van der Waals surface area contributed by atoms with Crippen LogP contribution in [0, 0.1) is 0 Å². The van der Waals surface area contributed by atoms with Gasteiger partial charge in [-0.2, -0.15) is 0 Å². The van der Waals surface area contributed by atoms with E-state index < -0.39 is 0 Å². The quantitative estimate of drug-likeness (QED) is 0.793. The minimum absolute atomic E-state index is 0.0155. The standard InChI is InChI=1S/C18H26N4O4/c1-12(23)20-16-11-22(17(24)9-19-18(25)21(2)3)10-15(16)13-5-7-14(26-4)8-6-13/h5-8,15-16H,9-11H2,1-4H3,(H,19,25)(H,20,23)/t15-,16+/m1/s1. The Morgan fingerprint density at radius 3 is 2.38 bits per heavy atom. The van der Waals surface area contributed by atoms with Gasteiger partial charge in [-0.25, -0.2) is 4.79 Å². The Morgan fingerprint density at radius 2 is 1.85 bits per heavy atom. The summed E-state index contributed by atoms with van der Waals surface area (Å²) in [6, 6.07) is 7.13. The third kappa shape index (κ3) is 4.87. The van der Waals surface area contributed by atoms with Crippen LogP contribution in [-0.4, -0.2) is 74.5 Å². The number of ether oxygens (including phenoxy) is 1. The van der Waals surface area contributed by atoms with Crippen LogP contribution >= 0.6 is 0 Å². The number of benzene rings is 1.